The molecule has 0 unspecified atom stereocenters. The highest BCUT2D eigenvalue weighted by molar-refractivity contribution is 5.20. The van der Waals surface area contributed by atoms with Crippen LogP contribution in [0.1, 0.15) is 0 Å². The van der Waals surface area contributed by atoms with Gasteiger partial charge in [-0.1, -0.05) is 48.6 Å². The monoisotopic (exact) mass is 182 g/mol. The summed E-state index contributed by atoms with van der Waals surface area (Å²) in [5, 5.41) is 16.3. The van der Waals surface area contributed by atoms with E-state index in [1.165, 1.54) is 12.2 Å². The van der Waals surface area contributed by atoms with Gasteiger partial charge in [-0.25, -0.2) is 0 Å². The topological polar surface area (TPSA) is 47.6 Å². The maximum absolute atomic E-state index is 8.16. The fourth-order valence-electron chi connectivity index (χ4n) is 0.582. The third kappa shape index (κ3) is 9.68. The molecule has 14 heavy (non-hydrogen) atoms. The minimum Gasteiger partial charge on any atom is -0.193 e. The average Bonchev–Trinajstić information content (AvgIpc) is 2.21. The maximum atomic E-state index is 8.16. The molecule has 0 aliphatic rings. The first-order valence-electron chi connectivity index (χ1n) is 4.02. The van der Waals surface area contributed by atoms with E-state index in [4.69, 9.17) is 10.5 Å². The summed E-state index contributed by atoms with van der Waals surface area (Å²) in [6.45, 7) is 0. The van der Waals surface area contributed by atoms with Crippen LogP contribution in [-0.4, -0.2) is 0 Å². The Kier molecular flexibility index (Phi) is 8.91. The summed E-state index contributed by atoms with van der Waals surface area (Å²) in [5.41, 5.74) is 0. The summed E-state index contributed by atoms with van der Waals surface area (Å²) in [7, 11) is 0. The molecule has 0 amide bonds. The Hall–Kier alpha value is -2.32. The normalized spacial score (nSPS) is 12.1. The lowest BCUT2D eigenvalue weighted by molar-refractivity contribution is 1.53. The molecule has 0 saturated carbocycles. The highest BCUT2D eigenvalue weighted by atomic mass is 14.2. The van der Waals surface area contributed by atoms with Gasteiger partial charge in [0.25, 0.3) is 0 Å². The van der Waals surface area contributed by atoms with E-state index in [9.17, 15) is 0 Å². The van der Waals surface area contributed by atoms with Crippen molar-refractivity contribution in [1.29, 1.82) is 10.5 Å². The Balaban J connectivity index is 3.76. The SMILES string of the molecule is N#CC=CC=CC=CC=CC=CC#N. The van der Waals surface area contributed by atoms with Crippen LogP contribution in [0.4, 0.5) is 0 Å². The van der Waals surface area contributed by atoms with Crippen LogP contribution in [-0.2, 0) is 0 Å². The Morgan fingerprint density at radius 3 is 1.07 bits per heavy atom. The van der Waals surface area contributed by atoms with Crippen molar-refractivity contribution in [2.24, 2.45) is 0 Å². The molecule has 0 N–H and O–H groups in total. The molecule has 0 spiro atoms. The highest BCUT2D eigenvalue weighted by Gasteiger charge is 1.63. The standard InChI is InChI=1S/C12H10N2/c13-11-9-7-5-3-1-2-4-6-8-10-12-14/h1-10H. The maximum Gasteiger partial charge on any atom is 0.0912 e. The Labute approximate surface area is 84.1 Å². The van der Waals surface area contributed by atoms with Gasteiger partial charge in [-0.15, -0.1) is 0 Å². The van der Waals surface area contributed by atoms with Gasteiger partial charge in [-0.05, 0) is 0 Å². The number of nitrogens with zero attached hydrogens (tertiary/aromatic N) is 2. The van der Waals surface area contributed by atoms with E-state index in [-0.39, 0.29) is 0 Å². The zero-order valence-electron chi connectivity index (χ0n) is 7.67. The van der Waals surface area contributed by atoms with Crippen LogP contribution < -0.4 is 0 Å². The van der Waals surface area contributed by atoms with E-state index in [0.29, 0.717) is 0 Å². The first-order valence-corrected chi connectivity index (χ1v) is 4.02. The fourth-order valence-corrected chi connectivity index (χ4v) is 0.582. The van der Waals surface area contributed by atoms with Gasteiger partial charge in [0.15, 0.2) is 0 Å². The summed E-state index contributed by atoms with van der Waals surface area (Å²) >= 11 is 0. The van der Waals surface area contributed by atoms with E-state index in [1.807, 2.05) is 36.4 Å². The summed E-state index contributed by atoms with van der Waals surface area (Å²) in [4.78, 5) is 0. The lowest BCUT2D eigenvalue weighted by Gasteiger charge is -1.72. The van der Waals surface area contributed by atoms with E-state index in [2.05, 4.69) is 0 Å². The van der Waals surface area contributed by atoms with Crippen LogP contribution >= 0.6 is 0 Å². The summed E-state index contributed by atoms with van der Waals surface area (Å²) < 4.78 is 0. The van der Waals surface area contributed by atoms with E-state index < -0.39 is 0 Å². The zero-order chi connectivity index (χ0) is 10.5. The smallest absolute Gasteiger partial charge is 0.0912 e. The number of nitriles is 2. The lowest BCUT2D eigenvalue weighted by Crippen LogP contribution is -1.52. The number of allylic oxidation sites excluding steroid dienone is 10. The Morgan fingerprint density at radius 1 is 0.500 bits per heavy atom. The van der Waals surface area contributed by atoms with Crippen molar-refractivity contribution in [2.75, 3.05) is 0 Å². The lowest BCUT2D eigenvalue weighted by atomic mass is 10.3. The van der Waals surface area contributed by atoms with Crippen LogP contribution in [0.5, 0.6) is 0 Å². The summed E-state index contributed by atoms with van der Waals surface area (Å²) in [6, 6.07) is 3.77. The van der Waals surface area contributed by atoms with Crippen molar-refractivity contribution in [3.63, 3.8) is 0 Å². The van der Waals surface area contributed by atoms with Crippen molar-refractivity contribution >= 4 is 0 Å². The molecule has 0 aromatic heterocycles. The minimum absolute atomic E-state index is 1.40. The van der Waals surface area contributed by atoms with Crippen molar-refractivity contribution in [3.05, 3.63) is 60.8 Å². The fraction of sp³-hybridized carbons (Fsp3) is 0. The molecule has 0 atom stereocenters. The van der Waals surface area contributed by atoms with Crippen molar-refractivity contribution < 1.29 is 0 Å². The predicted octanol–water partition coefficient (Wildman–Crippen LogP) is 2.81. The van der Waals surface area contributed by atoms with Gasteiger partial charge >= 0.3 is 0 Å². The first kappa shape index (κ1) is 11.7. The molecule has 0 aromatic carbocycles. The highest BCUT2D eigenvalue weighted by Crippen LogP contribution is 1.82. The molecular weight excluding hydrogens is 172 g/mol. The van der Waals surface area contributed by atoms with E-state index in [1.54, 1.807) is 24.3 Å². The van der Waals surface area contributed by atoms with Crippen molar-refractivity contribution in [3.8, 4) is 12.1 Å². The van der Waals surface area contributed by atoms with Crippen LogP contribution in [0.15, 0.2) is 60.8 Å². The Bertz CT molecular complexity index is 319. The predicted molar refractivity (Wildman–Crippen MR) is 56.9 cm³/mol. The largest absolute Gasteiger partial charge is 0.193 e. The van der Waals surface area contributed by atoms with Crippen LogP contribution in [0.3, 0.4) is 0 Å². The Morgan fingerprint density at radius 2 is 0.786 bits per heavy atom. The molecule has 0 saturated heterocycles. The molecule has 68 valence electrons. The molecule has 0 aliphatic carbocycles. The third-order valence-corrected chi connectivity index (χ3v) is 1.12. The van der Waals surface area contributed by atoms with Gasteiger partial charge in [0.1, 0.15) is 0 Å². The second-order valence-electron chi connectivity index (χ2n) is 2.13. The molecule has 2 heteroatoms. The number of hydrogen-bond donors (Lipinski definition) is 0. The van der Waals surface area contributed by atoms with Gasteiger partial charge in [0.2, 0.25) is 0 Å². The van der Waals surface area contributed by atoms with Gasteiger partial charge < -0.3 is 0 Å². The molecule has 0 radical (unpaired) electrons. The quantitative estimate of drug-likeness (QED) is 0.495. The molecule has 0 fully saturated rings. The van der Waals surface area contributed by atoms with Gasteiger partial charge in [0.05, 0.1) is 12.1 Å². The van der Waals surface area contributed by atoms with Crippen LogP contribution in [0.2, 0.25) is 0 Å². The van der Waals surface area contributed by atoms with E-state index >= 15 is 0 Å². The summed E-state index contributed by atoms with van der Waals surface area (Å²) in [5.74, 6) is 0. The molecule has 0 bridgehead atoms. The summed E-state index contributed by atoms with van der Waals surface area (Å²) in [6.07, 6.45) is 16.9. The van der Waals surface area contributed by atoms with E-state index in [0.717, 1.165) is 0 Å². The molecular formula is C12H10N2. The number of hydrogen-bond acceptors (Lipinski definition) is 2. The molecule has 0 heterocycles. The first-order chi connectivity index (χ1) is 6.91. The molecule has 2 nitrogen and oxygen atoms in total. The molecule has 0 rings (SSSR count). The van der Waals surface area contributed by atoms with Gasteiger partial charge in [0, 0.05) is 12.2 Å². The van der Waals surface area contributed by atoms with Gasteiger partial charge in [-0.3, -0.25) is 0 Å². The second kappa shape index (κ2) is 10.7. The second-order valence-corrected chi connectivity index (χ2v) is 2.13. The molecule has 0 aliphatic heterocycles. The minimum atomic E-state index is 1.40. The third-order valence-electron chi connectivity index (χ3n) is 1.12. The van der Waals surface area contributed by atoms with Crippen molar-refractivity contribution in [1.82, 2.24) is 0 Å². The van der Waals surface area contributed by atoms with Crippen LogP contribution in [0, 0.1) is 22.7 Å². The molecule has 0 aromatic rings. The number of rotatable bonds is 4. The zero-order valence-corrected chi connectivity index (χ0v) is 7.67. The van der Waals surface area contributed by atoms with Crippen molar-refractivity contribution in [2.45, 2.75) is 0 Å². The average molecular weight is 182 g/mol. The van der Waals surface area contributed by atoms with Crippen LogP contribution in [0.25, 0.3) is 0 Å². The van der Waals surface area contributed by atoms with Gasteiger partial charge in [-0.2, -0.15) is 10.5 Å².